The molecule has 37 heavy (non-hydrogen) atoms. The first-order chi connectivity index (χ1) is 16.4. The van der Waals surface area contributed by atoms with Crippen molar-refractivity contribution >= 4 is 32.9 Å². The van der Waals surface area contributed by atoms with E-state index in [1.165, 1.54) is 12.1 Å². The molecule has 2 N–H and O–H groups in total. The Morgan fingerprint density at radius 2 is 1.49 bits per heavy atom. The molecular weight excluding hydrogens is 579 g/mol. The summed E-state index contributed by atoms with van der Waals surface area (Å²) in [4.78, 5) is 44.0. The van der Waals surface area contributed by atoms with Crippen molar-refractivity contribution in [1.29, 1.82) is 0 Å². The fourth-order valence-electron chi connectivity index (χ4n) is 2.60. The summed E-state index contributed by atoms with van der Waals surface area (Å²) in [6, 6.07) is 7.43. The van der Waals surface area contributed by atoms with Crippen LogP contribution in [0, 0.1) is 20.2 Å². The van der Waals surface area contributed by atoms with Crippen molar-refractivity contribution in [3.63, 3.8) is 0 Å². The number of hydrogen-bond acceptors (Lipinski definition) is 14. The van der Waals surface area contributed by atoms with Gasteiger partial charge in [0, 0.05) is 6.07 Å². The Balaban J connectivity index is 0.00000342. The molecule has 0 aliphatic heterocycles. The van der Waals surface area contributed by atoms with Crippen molar-refractivity contribution < 1.29 is 74.5 Å². The summed E-state index contributed by atoms with van der Waals surface area (Å²) in [5.74, 6) is -1.27. The van der Waals surface area contributed by atoms with Crippen molar-refractivity contribution in [2.24, 2.45) is 10.2 Å². The monoisotopic (exact) mass is 588 g/mol. The molecule has 0 bridgehead atoms. The summed E-state index contributed by atoms with van der Waals surface area (Å²) in [7, 11) is -4.66. The van der Waals surface area contributed by atoms with Crippen LogP contribution >= 0.6 is 0 Å². The first-order valence-corrected chi connectivity index (χ1v) is 10.4. The van der Waals surface area contributed by atoms with Gasteiger partial charge in [0.15, 0.2) is 5.36 Å². The molecule has 0 aliphatic rings. The van der Waals surface area contributed by atoms with Gasteiger partial charge in [-0.15, -0.1) is 0 Å². The predicted octanol–water partition coefficient (Wildman–Crippen LogP) is -4.07. The van der Waals surface area contributed by atoms with E-state index in [9.17, 15) is 47.9 Å². The minimum absolute atomic E-state index is 0. The zero-order chi connectivity index (χ0) is 25.9. The molecule has 0 unspecified atom stereocenters. The van der Waals surface area contributed by atoms with Crippen LogP contribution < -0.4 is 67.1 Å². The SMILES string of the molecule is O=c1cc/c(=N\Nc2ccc(S(=O)(=O)[O-])cc2)c(=O)/c1=N/Nc1cc([N+](=O)[O-])cc([N+](=O)[O-])c1[O-].[Cu+2].[Na+]. The molecule has 0 saturated heterocycles. The van der Waals surface area contributed by atoms with Crippen LogP contribution in [0.2, 0.25) is 0 Å². The largest absolute Gasteiger partial charge is 2.00 e. The maximum Gasteiger partial charge on any atom is 2.00 e. The van der Waals surface area contributed by atoms with Gasteiger partial charge >= 0.3 is 46.6 Å². The molecule has 3 aromatic rings. The van der Waals surface area contributed by atoms with E-state index in [0.29, 0.717) is 12.1 Å². The van der Waals surface area contributed by atoms with Crippen LogP contribution in [0.1, 0.15) is 0 Å². The van der Waals surface area contributed by atoms with Crippen molar-refractivity contribution in [3.8, 4) is 5.75 Å². The number of nitro groups is 2. The van der Waals surface area contributed by atoms with Gasteiger partial charge in [-0.2, -0.15) is 10.2 Å². The molecule has 189 valence electrons. The van der Waals surface area contributed by atoms with Crippen molar-refractivity contribution in [3.05, 3.63) is 99.9 Å². The van der Waals surface area contributed by atoms with E-state index in [-0.39, 0.29) is 57.7 Å². The molecule has 0 aliphatic carbocycles. The fraction of sp³-hybridized carbons (Fsp3) is 0. The topological polar surface area (TPSA) is 249 Å². The van der Waals surface area contributed by atoms with Gasteiger partial charge in [-0.3, -0.25) is 40.7 Å². The number of nitro benzene ring substituents is 2. The van der Waals surface area contributed by atoms with Crippen LogP contribution in [-0.2, 0) is 27.2 Å². The first-order valence-electron chi connectivity index (χ1n) is 9.03. The summed E-state index contributed by atoms with van der Waals surface area (Å²) in [5, 5.41) is 40.2. The number of nitrogens with zero attached hydrogens (tertiary/aromatic N) is 4. The molecule has 0 spiro atoms. The van der Waals surface area contributed by atoms with Crippen LogP contribution in [0.4, 0.5) is 22.7 Å². The minimum Gasteiger partial charge on any atom is -0.866 e. The molecule has 16 nitrogen and oxygen atoms in total. The molecule has 0 fully saturated rings. The van der Waals surface area contributed by atoms with E-state index in [4.69, 9.17) is 0 Å². The van der Waals surface area contributed by atoms with Crippen LogP contribution in [0.25, 0.3) is 0 Å². The summed E-state index contributed by atoms with van der Waals surface area (Å²) < 4.78 is 32.9. The Hall–Kier alpha value is -3.51. The van der Waals surface area contributed by atoms with Crippen LogP contribution in [0.3, 0.4) is 0 Å². The van der Waals surface area contributed by atoms with Gasteiger partial charge in [-0.05, 0) is 42.1 Å². The Morgan fingerprint density at radius 1 is 0.865 bits per heavy atom. The second kappa shape index (κ2) is 12.6. The number of nitrogens with one attached hydrogen (secondary N) is 2. The number of rotatable bonds is 7. The van der Waals surface area contributed by atoms with Gasteiger partial charge in [-0.25, -0.2) is 8.42 Å². The van der Waals surface area contributed by atoms with E-state index in [0.717, 1.165) is 24.3 Å². The average molecular weight is 589 g/mol. The Kier molecular flexibility index (Phi) is 10.8. The molecule has 3 aromatic carbocycles. The summed E-state index contributed by atoms with van der Waals surface area (Å²) in [5.41, 5.74) is -0.0310. The van der Waals surface area contributed by atoms with Crippen LogP contribution in [0.5, 0.6) is 5.75 Å². The van der Waals surface area contributed by atoms with Gasteiger partial charge in [0.2, 0.25) is 10.9 Å². The quantitative estimate of drug-likeness (QED) is 0.116. The summed E-state index contributed by atoms with van der Waals surface area (Å²) in [6.45, 7) is 0. The van der Waals surface area contributed by atoms with E-state index < -0.39 is 63.9 Å². The zero-order valence-electron chi connectivity index (χ0n) is 18.2. The van der Waals surface area contributed by atoms with Gasteiger partial charge in [0.1, 0.15) is 15.5 Å². The van der Waals surface area contributed by atoms with Crippen molar-refractivity contribution in [2.45, 2.75) is 4.90 Å². The number of benzene rings is 3. The van der Waals surface area contributed by atoms with E-state index in [1.54, 1.807) is 0 Å². The molecule has 0 heterocycles. The van der Waals surface area contributed by atoms with Gasteiger partial charge in [0.05, 0.1) is 32.2 Å². The second-order valence-corrected chi connectivity index (χ2v) is 7.92. The third kappa shape index (κ3) is 7.49. The number of hydrogen-bond donors (Lipinski definition) is 2. The van der Waals surface area contributed by atoms with Crippen LogP contribution in [0.15, 0.2) is 73.2 Å². The summed E-state index contributed by atoms with van der Waals surface area (Å²) >= 11 is 0. The predicted molar refractivity (Wildman–Crippen MR) is 113 cm³/mol. The summed E-state index contributed by atoms with van der Waals surface area (Å²) in [6.07, 6.45) is 0. The van der Waals surface area contributed by atoms with Gasteiger partial charge in [-0.1, -0.05) is 0 Å². The van der Waals surface area contributed by atoms with Gasteiger partial charge < -0.3 is 9.66 Å². The first kappa shape index (κ1) is 31.5. The maximum absolute atomic E-state index is 12.6. The number of non-ortho nitro benzene ring substituents is 1. The average Bonchev–Trinajstić information content (AvgIpc) is 2.78. The molecule has 0 saturated carbocycles. The normalized spacial score (nSPS) is 11.7. The van der Waals surface area contributed by atoms with Crippen LogP contribution in [-0.4, -0.2) is 22.8 Å². The molecule has 19 heteroatoms. The van der Waals surface area contributed by atoms with E-state index in [2.05, 4.69) is 15.6 Å². The molecule has 0 aromatic heterocycles. The maximum atomic E-state index is 12.6. The number of anilines is 2. The molecule has 3 rings (SSSR count). The zero-order valence-corrected chi connectivity index (χ0v) is 22.0. The third-order valence-electron chi connectivity index (χ3n) is 4.27. The van der Waals surface area contributed by atoms with E-state index in [1.807, 2.05) is 5.43 Å². The molecular formula is C18H10CuN6NaO10S+. The van der Waals surface area contributed by atoms with Gasteiger partial charge in [0.25, 0.3) is 11.4 Å². The minimum atomic E-state index is -4.66. The Morgan fingerprint density at radius 3 is 2.03 bits per heavy atom. The smallest absolute Gasteiger partial charge is 0.866 e. The molecule has 0 atom stereocenters. The standard InChI is InChI=1S/C18H12N6O10S.Cu.Na/c25-15-6-5-12(20-19-9-1-3-11(4-2-9)35(32,33)34)18(27)16(15)22-21-13-7-10(23(28)29)8-14(17(13)26)24(30)31;;/h1-8,19,21,26H,(H,32,33,34);;/q;+2;+1/p-2/b20-12+,22-16+;;. The fourth-order valence-corrected chi connectivity index (χ4v) is 3.07. The third-order valence-corrected chi connectivity index (χ3v) is 5.12. The molecule has 0 amide bonds. The Bertz CT molecular complexity index is 1690. The Labute approximate surface area is 237 Å². The van der Waals surface area contributed by atoms with E-state index >= 15 is 0 Å². The molecule has 1 radical (unpaired) electrons. The van der Waals surface area contributed by atoms with Crippen molar-refractivity contribution in [2.75, 3.05) is 10.9 Å². The van der Waals surface area contributed by atoms with Crippen molar-refractivity contribution in [1.82, 2.24) is 0 Å². The second-order valence-electron chi connectivity index (χ2n) is 6.54.